The molecule has 3 heteroatoms. The van der Waals surface area contributed by atoms with Gasteiger partial charge in [0, 0.05) is 12.3 Å². The summed E-state index contributed by atoms with van der Waals surface area (Å²) in [6, 6.07) is 0. The molecule has 0 radical (unpaired) electrons. The number of carboxylic acid groups (broad SMARTS) is 1. The number of hydrogen-bond donors (Lipinski definition) is 1. The van der Waals surface area contributed by atoms with Gasteiger partial charge in [-0.15, -0.1) is 0 Å². The van der Waals surface area contributed by atoms with Crippen LogP contribution in [-0.2, 0) is 9.59 Å². The minimum absolute atomic E-state index is 0.0685. The van der Waals surface area contributed by atoms with E-state index in [0.29, 0.717) is 12.8 Å². The van der Waals surface area contributed by atoms with Crippen LogP contribution in [0.1, 0.15) is 33.1 Å². The van der Waals surface area contributed by atoms with Crippen LogP contribution < -0.4 is 0 Å². The number of carbonyl (C=O) groups is 2. The first-order valence-electron chi connectivity index (χ1n) is 4.28. The van der Waals surface area contributed by atoms with E-state index < -0.39 is 11.4 Å². The largest absolute Gasteiger partial charge is 0.481 e. The maximum absolute atomic E-state index is 11.2. The summed E-state index contributed by atoms with van der Waals surface area (Å²) in [5.41, 5.74) is -0.753. The average Bonchev–Trinajstić information content (AvgIpc) is 2.29. The van der Waals surface area contributed by atoms with E-state index in [4.69, 9.17) is 5.11 Å². The summed E-state index contributed by atoms with van der Waals surface area (Å²) >= 11 is 0. The Balaban J connectivity index is 2.85. The first kappa shape index (κ1) is 9.23. The Bertz CT molecular complexity index is 222. The van der Waals surface area contributed by atoms with Gasteiger partial charge in [0.2, 0.25) is 0 Å². The quantitative estimate of drug-likeness (QED) is 0.682. The van der Waals surface area contributed by atoms with Gasteiger partial charge in [-0.1, -0.05) is 13.8 Å². The molecular weight excluding hydrogens is 156 g/mol. The van der Waals surface area contributed by atoms with Crippen molar-refractivity contribution >= 4 is 11.8 Å². The van der Waals surface area contributed by atoms with E-state index in [0.717, 1.165) is 0 Å². The Labute approximate surface area is 71.8 Å². The fraction of sp³-hybridized carbons (Fsp3) is 0.778. The molecule has 0 aliphatic heterocycles. The molecule has 12 heavy (non-hydrogen) atoms. The molecule has 1 fully saturated rings. The SMILES string of the molecule is CCC1(C(=O)O)CC(=O)C(C)C1. The van der Waals surface area contributed by atoms with Gasteiger partial charge in [-0.05, 0) is 12.8 Å². The summed E-state index contributed by atoms with van der Waals surface area (Å²) in [5.74, 6) is -0.789. The topological polar surface area (TPSA) is 54.4 Å². The zero-order valence-corrected chi connectivity index (χ0v) is 7.46. The third kappa shape index (κ3) is 1.24. The van der Waals surface area contributed by atoms with Gasteiger partial charge in [0.25, 0.3) is 0 Å². The molecule has 1 aliphatic rings. The fourth-order valence-electron chi connectivity index (χ4n) is 1.86. The number of carbonyl (C=O) groups excluding carboxylic acids is 1. The molecule has 0 aromatic rings. The van der Waals surface area contributed by atoms with Crippen molar-refractivity contribution in [1.82, 2.24) is 0 Å². The fourth-order valence-corrected chi connectivity index (χ4v) is 1.86. The molecule has 1 rings (SSSR count). The first-order valence-corrected chi connectivity index (χ1v) is 4.28. The van der Waals surface area contributed by atoms with Gasteiger partial charge in [0.05, 0.1) is 5.41 Å². The van der Waals surface area contributed by atoms with Crippen molar-refractivity contribution in [3.05, 3.63) is 0 Å². The van der Waals surface area contributed by atoms with E-state index in [1.807, 2.05) is 13.8 Å². The normalized spacial score (nSPS) is 35.5. The lowest BCUT2D eigenvalue weighted by Gasteiger charge is -2.20. The van der Waals surface area contributed by atoms with Gasteiger partial charge in [0.15, 0.2) is 0 Å². The van der Waals surface area contributed by atoms with Crippen molar-refractivity contribution in [3.63, 3.8) is 0 Å². The molecule has 68 valence electrons. The highest BCUT2D eigenvalue weighted by Crippen LogP contribution is 2.42. The number of aliphatic carboxylic acids is 1. The third-order valence-electron chi connectivity index (χ3n) is 2.89. The molecule has 2 atom stereocenters. The monoisotopic (exact) mass is 170 g/mol. The standard InChI is InChI=1S/C9H14O3/c1-3-9(8(11)12)4-6(2)7(10)5-9/h6H,3-5H2,1-2H3,(H,11,12). The molecule has 3 nitrogen and oxygen atoms in total. The van der Waals surface area contributed by atoms with E-state index in [9.17, 15) is 9.59 Å². The van der Waals surface area contributed by atoms with Gasteiger partial charge in [-0.2, -0.15) is 0 Å². The van der Waals surface area contributed by atoms with Crippen LogP contribution in [0.2, 0.25) is 0 Å². The highest BCUT2D eigenvalue weighted by atomic mass is 16.4. The van der Waals surface area contributed by atoms with E-state index in [1.165, 1.54) is 0 Å². The third-order valence-corrected chi connectivity index (χ3v) is 2.89. The van der Waals surface area contributed by atoms with E-state index in [2.05, 4.69) is 0 Å². The molecule has 0 spiro atoms. The van der Waals surface area contributed by atoms with Crippen LogP contribution in [0.4, 0.5) is 0 Å². The van der Waals surface area contributed by atoms with Crippen molar-refractivity contribution in [3.8, 4) is 0 Å². The lowest BCUT2D eigenvalue weighted by molar-refractivity contribution is -0.149. The summed E-state index contributed by atoms with van der Waals surface area (Å²) in [4.78, 5) is 22.1. The van der Waals surface area contributed by atoms with Crippen LogP contribution >= 0.6 is 0 Å². The summed E-state index contributed by atoms with van der Waals surface area (Å²) in [6.45, 7) is 3.64. The second-order valence-electron chi connectivity index (χ2n) is 3.69. The van der Waals surface area contributed by atoms with Crippen LogP contribution in [0.5, 0.6) is 0 Å². The molecule has 1 saturated carbocycles. The van der Waals surface area contributed by atoms with Crippen molar-refractivity contribution in [2.45, 2.75) is 33.1 Å². The van der Waals surface area contributed by atoms with Crippen LogP contribution in [-0.4, -0.2) is 16.9 Å². The average molecular weight is 170 g/mol. The minimum Gasteiger partial charge on any atom is -0.481 e. The number of rotatable bonds is 2. The highest BCUT2D eigenvalue weighted by Gasteiger charge is 2.47. The molecule has 1 N–H and O–H groups in total. The van der Waals surface area contributed by atoms with Crippen LogP contribution in [0, 0.1) is 11.3 Å². The Hall–Kier alpha value is -0.860. The summed E-state index contributed by atoms with van der Waals surface area (Å²) in [7, 11) is 0. The van der Waals surface area contributed by atoms with Gasteiger partial charge >= 0.3 is 5.97 Å². The van der Waals surface area contributed by atoms with Crippen molar-refractivity contribution < 1.29 is 14.7 Å². The zero-order chi connectivity index (χ0) is 9.35. The van der Waals surface area contributed by atoms with Crippen molar-refractivity contribution in [2.75, 3.05) is 0 Å². The molecule has 0 aromatic heterocycles. The zero-order valence-electron chi connectivity index (χ0n) is 7.46. The molecule has 0 amide bonds. The minimum atomic E-state index is -0.817. The highest BCUT2D eigenvalue weighted by molar-refractivity contribution is 5.91. The van der Waals surface area contributed by atoms with Gasteiger partial charge in [0.1, 0.15) is 5.78 Å². The predicted molar refractivity (Wildman–Crippen MR) is 43.8 cm³/mol. The summed E-state index contributed by atoms with van der Waals surface area (Å²) in [5, 5.41) is 8.95. The number of ketones is 1. The second kappa shape index (κ2) is 2.88. The predicted octanol–water partition coefficient (Wildman–Crippen LogP) is 1.47. The lowest BCUT2D eigenvalue weighted by atomic mass is 9.83. The van der Waals surface area contributed by atoms with Gasteiger partial charge < -0.3 is 5.11 Å². The Kier molecular flexibility index (Phi) is 2.22. The summed E-state index contributed by atoms with van der Waals surface area (Å²) in [6.07, 6.45) is 1.29. The molecule has 0 aromatic carbocycles. The molecule has 0 bridgehead atoms. The molecule has 1 aliphatic carbocycles. The summed E-state index contributed by atoms with van der Waals surface area (Å²) < 4.78 is 0. The molecule has 0 heterocycles. The maximum Gasteiger partial charge on any atom is 0.310 e. The number of hydrogen-bond acceptors (Lipinski definition) is 2. The molecular formula is C9H14O3. The number of carboxylic acids is 1. The molecule has 2 unspecified atom stereocenters. The van der Waals surface area contributed by atoms with Crippen molar-refractivity contribution in [1.29, 1.82) is 0 Å². The van der Waals surface area contributed by atoms with Gasteiger partial charge in [-0.25, -0.2) is 0 Å². The van der Waals surface area contributed by atoms with Gasteiger partial charge in [-0.3, -0.25) is 9.59 Å². The maximum atomic E-state index is 11.2. The lowest BCUT2D eigenvalue weighted by Crippen LogP contribution is -2.27. The van der Waals surface area contributed by atoms with E-state index in [-0.39, 0.29) is 18.1 Å². The first-order chi connectivity index (χ1) is 5.52. The van der Waals surface area contributed by atoms with Crippen LogP contribution in [0.3, 0.4) is 0 Å². The van der Waals surface area contributed by atoms with E-state index >= 15 is 0 Å². The molecule has 0 saturated heterocycles. The Morgan fingerprint density at radius 3 is 2.50 bits per heavy atom. The van der Waals surface area contributed by atoms with E-state index in [1.54, 1.807) is 0 Å². The van der Waals surface area contributed by atoms with Crippen LogP contribution in [0.25, 0.3) is 0 Å². The number of Topliss-reactive ketones (excluding diaryl/α,β-unsaturated/α-hetero) is 1. The van der Waals surface area contributed by atoms with Crippen molar-refractivity contribution in [2.24, 2.45) is 11.3 Å². The smallest absolute Gasteiger partial charge is 0.310 e. The second-order valence-corrected chi connectivity index (χ2v) is 3.69. The van der Waals surface area contributed by atoms with Crippen LogP contribution in [0.15, 0.2) is 0 Å². The Morgan fingerprint density at radius 2 is 2.33 bits per heavy atom. The Morgan fingerprint density at radius 1 is 1.75 bits per heavy atom.